The highest BCUT2D eigenvalue weighted by atomic mass is 19.2. The highest BCUT2D eigenvalue weighted by Crippen LogP contribution is 2.19. The Labute approximate surface area is 199 Å². The van der Waals surface area contributed by atoms with Gasteiger partial charge in [-0.1, -0.05) is 6.92 Å². The van der Waals surface area contributed by atoms with Gasteiger partial charge in [-0.3, -0.25) is 19.2 Å². The molecule has 0 aromatic heterocycles. The molecule has 1 unspecified atom stereocenters. The van der Waals surface area contributed by atoms with Crippen LogP contribution in [-0.2, 0) is 19.1 Å². The predicted octanol–water partition coefficient (Wildman–Crippen LogP) is 3.54. The van der Waals surface area contributed by atoms with Crippen LogP contribution in [0.15, 0.2) is 36.4 Å². The average Bonchev–Trinajstić information content (AvgIpc) is 2.85. The van der Waals surface area contributed by atoms with E-state index in [0.717, 1.165) is 12.5 Å². The Kier molecular flexibility index (Phi) is 10.2. The first-order chi connectivity index (χ1) is 16.6. The van der Waals surface area contributed by atoms with Crippen molar-refractivity contribution in [2.75, 3.05) is 18.5 Å². The van der Waals surface area contributed by atoms with Crippen molar-refractivity contribution in [1.82, 2.24) is 5.32 Å². The highest BCUT2D eigenvalue weighted by molar-refractivity contribution is 5.98. The van der Waals surface area contributed by atoms with Crippen molar-refractivity contribution < 1.29 is 41.8 Å². The molecule has 1 atom stereocenters. The zero-order valence-corrected chi connectivity index (χ0v) is 19.2. The van der Waals surface area contributed by atoms with Crippen molar-refractivity contribution in [3.63, 3.8) is 0 Å². The van der Waals surface area contributed by atoms with Gasteiger partial charge < -0.3 is 20.1 Å². The Morgan fingerprint density at radius 3 is 2.29 bits per heavy atom. The van der Waals surface area contributed by atoms with Gasteiger partial charge in [0, 0.05) is 12.0 Å². The molecule has 0 saturated heterocycles. The number of amides is 2. The Morgan fingerprint density at radius 2 is 1.63 bits per heavy atom. The van der Waals surface area contributed by atoms with Crippen LogP contribution in [0.5, 0.6) is 5.75 Å². The summed E-state index contributed by atoms with van der Waals surface area (Å²) < 4.78 is 50.1. The standard InChI is InChI=1S/C24H25F3N2O6/c1-3-12-34-16-6-4-15(5-7-16)19(30)10-11-21(32)35-14(2)24(33)28-13-20(31)29-18-9-8-17(25)22(26)23(18)27/h4-9,14H,3,10-13H2,1-2H3,(H,28,33)(H,29,31). The number of anilines is 1. The molecule has 0 fully saturated rings. The summed E-state index contributed by atoms with van der Waals surface area (Å²) in [5, 5.41) is 4.15. The van der Waals surface area contributed by atoms with Crippen LogP contribution in [0.4, 0.5) is 18.9 Å². The monoisotopic (exact) mass is 494 g/mol. The molecule has 0 aliphatic carbocycles. The molecule has 11 heteroatoms. The summed E-state index contributed by atoms with van der Waals surface area (Å²) in [7, 11) is 0. The molecule has 188 valence electrons. The van der Waals surface area contributed by atoms with Crippen LogP contribution in [0, 0.1) is 17.5 Å². The fraction of sp³-hybridized carbons (Fsp3) is 0.333. The summed E-state index contributed by atoms with van der Waals surface area (Å²) >= 11 is 0. The van der Waals surface area contributed by atoms with Gasteiger partial charge in [0.2, 0.25) is 5.91 Å². The molecule has 2 amide bonds. The van der Waals surface area contributed by atoms with Crippen molar-refractivity contribution in [2.45, 2.75) is 39.2 Å². The van der Waals surface area contributed by atoms with Crippen LogP contribution in [0.25, 0.3) is 0 Å². The molecule has 0 saturated carbocycles. The molecular formula is C24H25F3N2O6. The molecule has 2 rings (SSSR count). The first-order valence-corrected chi connectivity index (χ1v) is 10.8. The summed E-state index contributed by atoms with van der Waals surface area (Å²) in [5.41, 5.74) is -0.202. The maximum Gasteiger partial charge on any atom is 0.307 e. The van der Waals surface area contributed by atoms with Crippen LogP contribution < -0.4 is 15.4 Å². The van der Waals surface area contributed by atoms with E-state index >= 15 is 0 Å². The third-order valence-corrected chi connectivity index (χ3v) is 4.62. The van der Waals surface area contributed by atoms with Gasteiger partial charge in [0.15, 0.2) is 29.3 Å². The van der Waals surface area contributed by atoms with Crippen LogP contribution in [0.3, 0.4) is 0 Å². The molecule has 0 aliphatic rings. The lowest BCUT2D eigenvalue weighted by Gasteiger charge is -2.13. The smallest absolute Gasteiger partial charge is 0.307 e. The molecule has 2 aromatic carbocycles. The van der Waals surface area contributed by atoms with Gasteiger partial charge >= 0.3 is 5.97 Å². The maximum absolute atomic E-state index is 13.6. The average molecular weight is 494 g/mol. The first-order valence-electron chi connectivity index (χ1n) is 10.8. The van der Waals surface area contributed by atoms with Crippen molar-refractivity contribution in [2.24, 2.45) is 0 Å². The second-order valence-electron chi connectivity index (χ2n) is 7.42. The minimum Gasteiger partial charge on any atom is -0.494 e. The number of carbonyl (C=O) groups excluding carboxylic acids is 4. The van der Waals surface area contributed by atoms with E-state index in [-0.39, 0.29) is 18.6 Å². The number of hydrogen-bond donors (Lipinski definition) is 2. The zero-order valence-electron chi connectivity index (χ0n) is 19.2. The molecule has 0 bridgehead atoms. The third-order valence-electron chi connectivity index (χ3n) is 4.62. The predicted molar refractivity (Wildman–Crippen MR) is 119 cm³/mol. The lowest BCUT2D eigenvalue weighted by molar-refractivity contribution is -0.154. The lowest BCUT2D eigenvalue weighted by Crippen LogP contribution is -2.40. The minimum atomic E-state index is -1.75. The maximum atomic E-state index is 13.6. The summed E-state index contributed by atoms with van der Waals surface area (Å²) in [6, 6.07) is 7.96. The van der Waals surface area contributed by atoms with Gasteiger partial charge in [0.25, 0.3) is 5.91 Å². The van der Waals surface area contributed by atoms with E-state index in [1.165, 1.54) is 6.92 Å². The lowest BCUT2D eigenvalue weighted by atomic mass is 10.1. The van der Waals surface area contributed by atoms with E-state index in [2.05, 4.69) is 5.32 Å². The second kappa shape index (κ2) is 13.1. The van der Waals surface area contributed by atoms with Crippen molar-refractivity contribution in [3.8, 4) is 5.75 Å². The van der Waals surface area contributed by atoms with Gasteiger partial charge in [-0.15, -0.1) is 0 Å². The number of halogens is 3. The van der Waals surface area contributed by atoms with Gasteiger partial charge in [-0.25, -0.2) is 13.2 Å². The van der Waals surface area contributed by atoms with E-state index in [1.54, 1.807) is 24.3 Å². The molecule has 0 aliphatic heterocycles. The highest BCUT2D eigenvalue weighted by Gasteiger charge is 2.20. The zero-order chi connectivity index (χ0) is 26.0. The van der Waals surface area contributed by atoms with E-state index in [0.29, 0.717) is 24.0 Å². The number of Topliss-reactive ketones (excluding diaryl/α,β-unsaturated/α-hetero) is 1. The van der Waals surface area contributed by atoms with Crippen LogP contribution in [0.1, 0.15) is 43.5 Å². The molecular weight excluding hydrogens is 469 g/mol. The molecule has 35 heavy (non-hydrogen) atoms. The number of benzene rings is 2. The molecule has 8 nitrogen and oxygen atoms in total. The summed E-state index contributed by atoms with van der Waals surface area (Å²) in [5.74, 6) is -6.94. The Balaban J connectivity index is 1.74. The van der Waals surface area contributed by atoms with Crippen molar-refractivity contribution in [3.05, 3.63) is 59.4 Å². The van der Waals surface area contributed by atoms with E-state index in [1.807, 2.05) is 12.2 Å². The van der Waals surface area contributed by atoms with Gasteiger partial charge in [-0.05, 0) is 49.7 Å². The SMILES string of the molecule is CCCOc1ccc(C(=O)CCC(=O)OC(C)C(=O)NCC(=O)Nc2ccc(F)c(F)c2F)cc1. The van der Waals surface area contributed by atoms with E-state index in [4.69, 9.17) is 9.47 Å². The van der Waals surface area contributed by atoms with Crippen LogP contribution in [-0.4, -0.2) is 42.8 Å². The third kappa shape index (κ3) is 8.43. The number of nitrogens with one attached hydrogen (secondary N) is 2. The Morgan fingerprint density at radius 1 is 0.943 bits per heavy atom. The largest absolute Gasteiger partial charge is 0.494 e. The first kappa shape index (κ1) is 27.4. The van der Waals surface area contributed by atoms with E-state index in [9.17, 15) is 32.3 Å². The molecule has 0 radical (unpaired) electrons. The summed E-state index contributed by atoms with van der Waals surface area (Å²) in [6.45, 7) is 3.15. The van der Waals surface area contributed by atoms with Crippen LogP contribution in [0.2, 0.25) is 0 Å². The number of hydrogen-bond acceptors (Lipinski definition) is 6. The number of carbonyl (C=O) groups is 4. The number of esters is 1. The number of ketones is 1. The fourth-order valence-electron chi connectivity index (χ4n) is 2.75. The van der Waals surface area contributed by atoms with Gasteiger partial charge in [0.1, 0.15) is 5.75 Å². The van der Waals surface area contributed by atoms with Crippen molar-refractivity contribution >= 4 is 29.3 Å². The number of rotatable bonds is 12. The van der Waals surface area contributed by atoms with Gasteiger partial charge in [-0.2, -0.15) is 0 Å². The second-order valence-corrected chi connectivity index (χ2v) is 7.42. The normalized spacial score (nSPS) is 11.3. The molecule has 0 spiro atoms. The quantitative estimate of drug-likeness (QED) is 0.265. The fourth-order valence-corrected chi connectivity index (χ4v) is 2.75. The Hall–Kier alpha value is -3.89. The van der Waals surface area contributed by atoms with E-state index < -0.39 is 53.6 Å². The minimum absolute atomic E-state index is 0.134. The Bertz CT molecular complexity index is 1080. The molecule has 2 N–H and O–H groups in total. The number of ether oxygens (including phenoxy) is 2. The summed E-state index contributed by atoms with van der Waals surface area (Å²) in [6.07, 6.45) is -0.824. The molecule has 2 aromatic rings. The van der Waals surface area contributed by atoms with Gasteiger partial charge in [0.05, 0.1) is 25.3 Å². The molecule has 0 heterocycles. The van der Waals surface area contributed by atoms with Crippen molar-refractivity contribution in [1.29, 1.82) is 0 Å². The topological polar surface area (TPSA) is 111 Å². The van der Waals surface area contributed by atoms with Crippen LogP contribution >= 0.6 is 0 Å². The summed E-state index contributed by atoms with van der Waals surface area (Å²) in [4.78, 5) is 48.1.